The van der Waals surface area contributed by atoms with Gasteiger partial charge in [-0.15, -0.1) is 11.3 Å². The molecule has 0 saturated heterocycles. The second-order valence-corrected chi connectivity index (χ2v) is 4.65. The van der Waals surface area contributed by atoms with Crippen molar-refractivity contribution in [3.63, 3.8) is 0 Å². The number of aromatic nitrogens is 1. The molecule has 2 rings (SSSR count). The lowest BCUT2D eigenvalue weighted by Gasteiger charge is -2.10. The van der Waals surface area contributed by atoms with Crippen LogP contribution in [0.1, 0.15) is 26.6 Å². The van der Waals surface area contributed by atoms with Crippen molar-refractivity contribution in [3.05, 3.63) is 51.5 Å². The number of carbonyl (C=O) groups excluding carboxylic acids is 1. The maximum atomic E-state index is 12.8. The molecule has 0 saturated carbocycles. The highest BCUT2D eigenvalue weighted by atomic mass is 32.1. The Balaban J connectivity index is 2.44. The molecular formula is C12H9F3N2OS. The molecule has 2 aromatic rings. The van der Waals surface area contributed by atoms with E-state index in [2.05, 4.69) is 4.98 Å². The topological polar surface area (TPSA) is 56.0 Å². The van der Waals surface area contributed by atoms with Crippen LogP contribution in [-0.2, 0) is 12.7 Å². The van der Waals surface area contributed by atoms with E-state index >= 15 is 0 Å². The number of nitrogens with zero attached hydrogens (tertiary/aromatic N) is 1. The molecule has 0 fully saturated rings. The quantitative estimate of drug-likeness (QED) is 0.883. The molecule has 7 heteroatoms. The van der Waals surface area contributed by atoms with Crippen molar-refractivity contribution in [2.45, 2.75) is 12.7 Å². The molecule has 0 amide bonds. The molecular weight excluding hydrogens is 277 g/mol. The Bertz CT molecular complexity index is 607. The number of alkyl halides is 3. The molecule has 0 aliphatic rings. The van der Waals surface area contributed by atoms with E-state index in [1.54, 1.807) is 0 Å². The van der Waals surface area contributed by atoms with Gasteiger partial charge in [0.1, 0.15) is 10.7 Å². The number of hydrogen-bond donors (Lipinski definition) is 1. The van der Waals surface area contributed by atoms with E-state index in [-0.39, 0.29) is 12.2 Å². The van der Waals surface area contributed by atoms with Gasteiger partial charge in [0.15, 0.2) is 0 Å². The van der Waals surface area contributed by atoms with Gasteiger partial charge in [0, 0.05) is 17.5 Å². The van der Waals surface area contributed by atoms with Crippen LogP contribution in [0.4, 0.5) is 13.2 Å². The van der Waals surface area contributed by atoms with Gasteiger partial charge in [-0.25, -0.2) is 4.98 Å². The number of carbonyl (C=O) groups is 1. The maximum Gasteiger partial charge on any atom is 0.417 e. The summed E-state index contributed by atoms with van der Waals surface area (Å²) in [5.41, 5.74) is 3.99. The van der Waals surface area contributed by atoms with Crippen molar-refractivity contribution in [1.29, 1.82) is 0 Å². The maximum absolute atomic E-state index is 12.8. The summed E-state index contributed by atoms with van der Waals surface area (Å²) in [6, 6.07) is 4.65. The Morgan fingerprint density at radius 2 is 2.00 bits per heavy atom. The van der Waals surface area contributed by atoms with Crippen LogP contribution in [0, 0.1) is 0 Å². The summed E-state index contributed by atoms with van der Waals surface area (Å²) in [6.45, 7) is 0.152. The van der Waals surface area contributed by atoms with Gasteiger partial charge in [-0.1, -0.05) is 18.2 Å². The fraction of sp³-hybridized carbons (Fsp3) is 0.167. The lowest BCUT2D eigenvalue weighted by atomic mass is 10.0. The minimum Gasteiger partial charge on any atom is -0.325 e. The number of halogens is 3. The molecule has 0 aliphatic carbocycles. The summed E-state index contributed by atoms with van der Waals surface area (Å²) in [7, 11) is 0. The molecule has 1 heterocycles. The number of rotatable bonds is 3. The average Bonchev–Trinajstić information content (AvgIpc) is 2.85. The summed E-state index contributed by atoms with van der Waals surface area (Å²) >= 11 is 1.15. The van der Waals surface area contributed by atoms with Gasteiger partial charge in [0.25, 0.3) is 0 Å². The van der Waals surface area contributed by atoms with Crippen molar-refractivity contribution in [1.82, 2.24) is 4.98 Å². The van der Waals surface area contributed by atoms with Crippen molar-refractivity contribution >= 4 is 17.1 Å². The second kappa shape index (κ2) is 5.10. The molecule has 1 aromatic carbocycles. The van der Waals surface area contributed by atoms with Crippen molar-refractivity contribution in [2.75, 3.05) is 0 Å². The van der Waals surface area contributed by atoms with E-state index < -0.39 is 23.1 Å². The van der Waals surface area contributed by atoms with Crippen molar-refractivity contribution in [2.24, 2.45) is 5.73 Å². The van der Waals surface area contributed by atoms with E-state index in [0.29, 0.717) is 5.01 Å². The normalized spacial score (nSPS) is 11.6. The Hall–Kier alpha value is -1.73. The highest BCUT2D eigenvalue weighted by Crippen LogP contribution is 2.32. The predicted octanol–water partition coefficient (Wildman–Crippen LogP) is 2.85. The first-order valence-corrected chi connectivity index (χ1v) is 6.17. The lowest BCUT2D eigenvalue weighted by Crippen LogP contribution is -2.14. The highest BCUT2D eigenvalue weighted by Gasteiger charge is 2.35. The van der Waals surface area contributed by atoms with E-state index in [9.17, 15) is 18.0 Å². The zero-order chi connectivity index (χ0) is 14.0. The molecule has 0 atom stereocenters. The summed E-state index contributed by atoms with van der Waals surface area (Å²) in [4.78, 5) is 16.0. The molecule has 3 nitrogen and oxygen atoms in total. The molecule has 0 spiro atoms. The predicted molar refractivity (Wildman–Crippen MR) is 64.9 cm³/mol. The standard InChI is InChI=1S/C12H9F3N2OS/c13-12(14,15)8-4-2-1-3-7(8)11(18)9-6-19-10(5-16)17-9/h1-4,6H,5,16H2. The van der Waals surface area contributed by atoms with Gasteiger partial charge in [0.05, 0.1) is 5.56 Å². The first-order chi connectivity index (χ1) is 8.93. The zero-order valence-corrected chi connectivity index (χ0v) is 10.4. The summed E-state index contributed by atoms with van der Waals surface area (Å²) in [6.07, 6.45) is -4.57. The molecule has 0 radical (unpaired) electrons. The Morgan fingerprint density at radius 1 is 1.32 bits per heavy atom. The Kier molecular flexibility index (Phi) is 3.68. The van der Waals surface area contributed by atoms with E-state index in [4.69, 9.17) is 5.73 Å². The Labute approximate surface area is 110 Å². The third-order valence-electron chi connectivity index (χ3n) is 2.44. The fourth-order valence-corrected chi connectivity index (χ4v) is 2.23. The number of nitrogens with two attached hydrogens (primary N) is 1. The third kappa shape index (κ3) is 2.82. The lowest BCUT2D eigenvalue weighted by molar-refractivity contribution is -0.137. The van der Waals surface area contributed by atoms with Crippen LogP contribution in [0.5, 0.6) is 0 Å². The summed E-state index contributed by atoms with van der Waals surface area (Å²) in [5.74, 6) is -0.746. The van der Waals surface area contributed by atoms with E-state index in [0.717, 1.165) is 23.5 Å². The van der Waals surface area contributed by atoms with Gasteiger partial charge < -0.3 is 5.73 Å². The number of benzene rings is 1. The van der Waals surface area contributed by atoms with Crippen molar-refractivity contribution < 1.29 is 18.0 Å². The van der Waals surface area contributed by atoms with Crippen LogP contribution in [0.3, 0.4) is 0 Å². The van der Waals surface area contributed by atoms with Crippen LogP contribution in [-0.4, -0.2) is 10.8 Å². The minimum absolute atomic E-state index is 0.0119. The number of ketones is 1. The minimum atomic E-state index is -4.57. The largest absolute Gasteiger partial charge is 0.417 e. The second-order valence-electron chi connectivity index (χ2n) is 3.70. The van der Waals surface area contributed by atoms with Crippen molar-refractivity contribution in [3.8, 4) is 0 Å². The number of hydrogen-bond acceptors (Lipinski definition) is 4. The monoisotopic (exact) mass is 286 g/mol. The van der Waals surface area contributed by atoms with Gasteiger partial charge in [-0.2, -0.15) is 13.2 Å². The smallest absolute Gasteiger partial charge is 0.325 e. The third-order valence-corrected chi connectivity index (χ3v) is 3.31. The highest BCUT2D eigenvalue weighted by molar-refractivity contribution is 7.09. The van der Waals surface area contributed by atoms with E-state index in [1.165, 1.54) is 17.5 Å². The molecule has 2 N–H and O–H groups in total. The summed E-state index contributed by atoms with van der Waals surface area (Å²) < 4.78 is 38.4. The summed E-state index contributed by atoms with van der Waals surface area (Å²) in [5, 5.41) is 1.92. The van der Waals surface area contributed by atoms with Crippen LogP contribution in [0.2, 0.25) is 0 Å². The first-order valence-electron chi connectivity index (χ1n) is 5.29. The molecule has 0 aliphatic heterocycles. The van der Waals surface area contributed by atoms with Crippen LogP contribution >= 0.6 is 11.3 Å². The average molecular weight is 286 g/mol. The van der Waals surface area contributed by atoms with Crippen LogP contribution in [0.15, 0.2) is 29.6 Å². The first kappa shape index (κ1) is 13.7. The Morgan fingerprint density at radius 3 is 2.58 bits per heavy atom. The zero-order valence-electron chi connectivity index (χ0n) is 9.57. The van der Waals surface area contributed by atoms with Crippen LogP contribution in [0.25, 0.3) is 0 Å². The van der Waals surface area contributed by atoms with Gasteiger partial charge in [0.2, 0.25) is 5.78 Å². The van der Waals surface area contributed by atoms with Gasteiger partial charge in [-0.3, -0.25) is 4.79 Å². The van der Waals surface area contributed by atoms with Gasteiger partial charge >= 0.3 is 6.18 Å². The molecule has 0 bridgehead atoms. The van der Waals surface area contributed by atoms with Gasteiger partial charge in [-0.05, 0) is 6.07 Å². The molecule has 19 heavy (non-hydrogen) atoms. The number of thiazole rings is 1. The molecule has 0 unspecified atom stereocenters. The SMILES string of the molecule is NCc1nc(C(=O)c2ccccc2C(F)(F)F)cs1. The molecule has 1 aromatic heterocycles. The fourth-order valence-electron chi connectivity index (χ4n) is 1.58. The van der Waals surface area contributed by atoms with Crippen LogP contribution < -0.4 is 5.73 Å². The van der Waals surface area contributed by atoms with E-state index in [1.807, 2.05) is 0 Å². The molecule has 100 valence electrons.